The molecule has 0 atom stereocenters. The molecule has 0 fully saturated rings. The van der Waals surface area contributed by atoms with E-state index in [0.29, 0.717) is 17.1 Å². The van der Waals surface area contributed by atoms with Crippen molar-refractivity contribution in [1.82, 2.24) is 0 Å². The van der Waals surface area contributed by atoms with Crippen LogP contribution in [0.2, 0.25) is 0 Å². The van der Waals surface area contributed by atoms with Gasteiger partial charge in [0, 0.05) is 0 Å². The molecule has 0 aromatic heterocycles. The van der Waals surface area contributed by atoms with Gasteiger partial charge in [0.15, 0.2) is 11.5 Å². The summed E-state index contributed by atoms with van der Waals surface area (Å²) in [5.41, 5.74) is 4.91. The molecule has 0 saturated heterocycles. The van der Waals surface area contributed by atoms with E-state index in [1.807, 2.05) is 31.2 Å². The first-order valence-corrected chi connectivity index (χ1v) is 6.82. The Labute approximate surface area is 133 Å². The van der Waals surface area contributed by atoms with Gasteiger partial charge in [0.1, 0.15) is 0 Å². The van der Waals surface area contributed by atoms with Crippen molar-refractivity contribution in [1.29, 1.82) is 0 Å². The second-order valence-corrected chi connectivity index (χ2v) is 4.71. The van der Waals surface area contributed by atoms with Crippen LogP contribution in [0.15, 0.2) is 41.5 Å². The summed E-state index contributed by atoms with van der Waals surface area (Å²) in [4.78, 5) is 10.7. The first-order valence-electron chi connectivity index (χ1n) is 6.82. The van der Waals surface area contributed by atoms with Gasteiger partial charge in [-0.2, -0.15) is 5.10 Å². The molecule has 0 bridgehead atoms. The van der Waals surface area contributed by atoms with Crippen LogP contribution in [0.3, 0.4) is 0 Å². The van der Waals surface area contributed by atoms with E-state index in [9.17, 15) is 10.1 Å². The van der Waals surface area contributed by atoms with Crippen LogP contribution in [0, 0.1) is 17.0 Å². The molecule has 7 nitrogen and oxygen atoms in total. The van der Waals surface area contributed by atoms with Gasteiger partial charge in [0.05, 0.1) is 42.7 Å². The van der Waals surface area contributed by atoms with Gasteiger partial charge in [0.2, 0.25) is 0 Å². The van der Waals surface area contributed by atoms with Crippen molar-refractivity contribution in [2.45, 2.75) is 6.92 Å². The van der Waals surface area contributed by atoms with E-state index in [1.54, 1.807) is 0 Å². The zero-order valence-electron chi connectivity index (χ0n) is 13.1. The molecule has 7 heteroatoms. The Morgan fingerprint density at radius 3 is 2.43 bits per heavy atom. The van der Waals surface area contributed by atoms with Crippen LogP contribution in [0.25, 0.3) is 0 Å². The summed E-state index contributed by atoms with van der Waals surface area (Å²) in [7, 11) is 2.89. The standard InChI is InChI=1S/C16H17N3O4/c1-11-6-4-5-7-13(11)18-17-10-12-8-15(22-2)16(23-3)9-14(12)19(20)21/h4-10,18H,1-3H3/b17-10+. The monoisotopic (exact) mass is 315 g/mol. The van der Waals surface area contributed by atoms with Gasteiger partial charge in [-0.1, -0.05) is 18.2 Å². The number of hydrogen-bond acceptors (Lipinski definition) is 6. The summed E-state index contributed by atoms with van der Waals surface area (Å²) in [6, 6.07) is 10.4. The summed E-state index contributed by atoms with van der Waals surface area (Å²) < 4.78 is 10.2. The zero-order chi connectivity index (χ0) is 16.8. The number of nitrogens with zero attached hydrogens (tertiary/aromatic N) is 2. The van der Waals surface area contributed by atoms with Crippen molar-refractivity contribution < 1.29 is 14.4 Å². The van der Waals surface area contributed by atoms with Crippen molar-refractivity contribution >= 4 is 17.6 Å². The molecule has 0 unspecified atom stereocenters. The lowest BCUT2D eigenvalue weighted by molar-refractivity contribution is -0.385. The van der Waals surface area contributed by atoms with Gasteiger partial charge in [-0.3, -0.25) is 15.5 Å². The van der Waals surface area contributed by atoms with Crippen LogP contribution in [-0.4, -0.2) is 25.4 Å². The Morgan fingerprint density at radius 1 is 1.17 bits per heavy atom. The fourth-order valence-electron chi connectivity index (χ4n) is 2.02. The maximum absolute atomic E-state index is 11.2. The molecule has 0 aliphatic carbocycles. The minimum Gasteiger partial charge on any atom is -0.493 e. The van der Waals surface area contributed by atoms with Gasteiger partial charge in [-0.05, 0) is 24.6 Å². The zero-order valence-corrected chi connectivity index (χ0v) is 13.1. The highest BCUT2D eigenvalue weighted by Crippen LogP contribution is 2.33. The van der Waals surface area contributed by atoms with Gasteiger partial charge in [-0.15, -0.1) is 0 Å². The Balaban J connectivity index is 2.32. The summed E-state index contributed by atoms with van der Waals surface area (Å²) in [6.45, 7) is 1.94. The highest BCUT2D eigenvalue weighted by molar-refractivity contribution is 5.87. The lowest BCUT2D eigenvalue weighted by Crippen LogP contribution is -2.00. The third kappa shape index (κ3) is 3.76. The molecule has 0 heterocycles. The molecule has 120 valence electrons. The molecule has 2 aromatic carbocycles. The fraction of sp³-hybridized carbons (Fsp3) is 0.188. The number of nitrogens with one attached hydrogen (secondary N) is 1. The number of anilines is 1. The second-order valence-electron chi connectivity index (χ2n) is 4.71. The average molecular weight is 315 g/mol. The highest BCUT2D eigenvalue weighted by Gasteiger charge is 2.18. The Morgan fingerprint density at radius 2 is 1.83 bits per heavy atom. The number of nitro groups is 1. The van der Waals surface area contributed by atoms with E-state index in [0.717, 1.165) is 11.3 Å². The van der Waals surface area contributed by atoms with Gasteiger partial charge in [-0.25, -0.2) is 0 Å². The minimum atomic E-state index is -0.489. The van der Waals surface area contributed by atoms with E-state index in [-0.39, 0.29) is 5.69 Å². The lowest BCUT2D eigenvalue weighted by atomic mass is 10.1. The molecular weight excluding hydrogens is 298 g/mol. The molecule has 2 aromatic rings. The van der Waals surface area contributed by atoms with Crippen LogP contribution in [0.5, 0.6) is 11.5 Å². The second kappa shape index (κ2) is 7.26. The molecule has 0 spiro atoms. The number of benzene rings is 2. The van der Waals surface area contributed by atoms with Gasteiger partial charge >= 0.3 is 0 Å². The molecule has 1 N–H and O–H groups in total. The van der Waals surface area contributed by atoms with Crippen molar-refractivity contribution in [3.63, 3.8) is 0 Å². The van der Waals surface area contributed by atoms with Crippen molar-refractivity contribution in [2.75, 3.05) is 19.6 Å². The van der Waals surface area contributed by atoms with Gasteiger partial charge in [0.25, 0.3) is 5.69 Å². The third-order valence-corrected chi connectivity index (χ3v) is 3.26. The molecule has 0 radical (unpaired) electrons. The number of hydrogen-bond donors (Lipinski definition) is 1. The topological polar surface area (TPSA) is 86.0 Å². The fourth-order valence-corrected chi connectivity index (χ4v) is 2.02. The predicted molar refractivity (Wildman–Crippen MR) is 88.6 cm³/mol. The minimum absolute atomic E-state index is 0.113. The molecule has 0 amide bonds. The van der Waals surface area contributed by atoms with Crippen molar-refractivity contribution in [3.8, 4) is 11.5 Å². The lowest BCUT2D eigenvalue weighted by Gasteiger charge is -2.08. The third-order valence-electron chi connectivity index (χ3n) is 3.26. The molecule has 2 rings (SSSR count). The first kappa shape index (κ1) is 16.3. The smallest absolute Gasteiger partial charge is 0.282 e. The molecular formula is C16H17N3O4. The average Bonchev–Trinajstić information content (AvgIpc) is 2.55. The van der Waals surface area contributed by atoms with Crippen molar-refractivity contribution in [3.05, 3.63) is 57.6 Å². The molecule has 0 aliphatic heterocycles. The van der Waals surface area contributed by atoms with E-state index in [1.165, 1.54) is 32.6 Å². The normalized spacial score (nSPS) is 10.6. The quantitative estimate of drug-likeness (QED) is 0.502. The maximum Gasteiger partial charge on any atom is 0.282 e. The van der Waals surface area contributed by atoms with E-state index < -0.39 is 4.92 Å². The number of methoxy groups -OCH3 is 2. The SMILES string of the molecule is COc1cc(/C=N/Nc2ccccc2C)c([N+](=O)[O-])cc1OC. The molecule has 0 aliphatic rings. The number of hydrazone groups is 1. The largest absolute Gasteiger partial charge is 0.493 e. The number of rotatable bonds is 6. The summed E-state index contributed by atoms with van der Waals surface area (Å²) in [6.07, 6.45) is 1.38. The van der Waals surface area contributed by atoms with E-state index in [4.69, 9.17) is 9.47 Å². The number of para-hydroxylation sites is 1. The Bertz CT molecular complexity index is 744. The molecule has 0 saturated carbocycles. The number of nitro benzene ring substituents is 1. The van der Waals surface area contributed by atoms with Crippen LogP contribution in [-0.2, 0) is 0 Å². The number of aryl methyl sites for hydroxylation is 1. The Hall–Kier alpha value is -3.09. The highest BCUT2D eigenvalue weighted by atomic mass is 16.6. The van der Waals surface area contributed by atoms with Crippen LogP contribution < -0.4 is 14.9 Å². The van der Waals surface area contributed by atoms with Crippen LogP contribution >= 0.6 is 0 Å². The summed E-state index contributed by atoms with van der Waals surface area (Å²) >= 11 is 0. The van der Waals surface area contributed by atoms with Gasteiger partial charge < -0.3 is 9.47 Å². The molecule has 23 heavy (non-hydrogen) atoms. The van der Waals surface area contributed by atoms with Crippen LogP contribution in [0.4, 0.5) is 11.4 Å². The van der Waals surface area contributed by atoms with Crippen LogP contribution in [0.1, 0.15) is 11.1 Å². The predicted octanol–water partition coefficient (Wildman–Crippen LogP) is 3.37. The number of ether oxygens (including phenoxy) is 2. The Kier molecular flexibility index (Phi) is 5.14. The van der Waals surface area contributed by atoms with E-state index in [2.05, 4.69) is 10.5 Å². The first-order chi connectivity index (χ1) is 11.1. The maximum atomic E-state index is 11.2. The summed E-state index contributed by atoms with van der Waals surface area (Å²) in [5, 5.41) is 15.3. The summed E-state index contributed by atoms with van der Waals surface area (Å²) in [5.74, 6) is 0.693. The van der Waals surface area contributed by atoms with E-state index >= 15 is 0 Å². The van der Waals surface area contributed by atoms with Crippen molar-refractivity contribution in [2.24, 2.45) is 5.10 Å².